The quantitative estimate of drug-likeness (QED) is 0.735. The Labute approximate surface area is 109 Å². The molecule has 0 radical (unpaired) electrons. The third-order valence-electron chi connectivity index (χ3n) is 3.01. The molecule has 0 aromatic heterocycles. The molecular weight excluding hydrogens is 282 g/mol. The number of hydrogen-bond acceptors (Lipinski definition) is 2. The van der Waals surface area contributed by atoms with E-state index in [1.807, 2.05) is 13.0 Å². The van der Waals surface area contributed by atoms with Crippen LogP contribution < -0.4 is 16.4 Å². The van der Waals surface area contributed by atoms with Crippen LogP contribution in [0.25, 0.3) is 0 Å². The van der Waals surface area contributed by atoms with Gasteiger partial charge in [0.1, 0.15) is 0 Å². The van der Waals surface area contributed by atoms with Crippen LogP contribution in [0.15, 0.2) is 16.6 Å². The lowest BCUT2D eigenvalue weighted by Gasteiger charge is -2.26. The van der Waals surface area contributed by atoms with Gasteiger partial charge in [-0.25, -0.2) is 4.79 Å². The first-order valence-electron chi connectivity index (χ1n) is 5.69. The second-order valence-electron chi connectivity index (χ2n) is 4.41. The van der Waals surface area contributed by atoms with Crippen LogP contribution in [0.5, 0.6) is 0 Å². The number of halogens is 1. The Kier molecular flexibility index (Phi) is 3.57. The standard InChI is InChI=1S/C12H16BrN3O/c1-7-5-8(13)6-10(14)11(7)16-12(17)15-9-3-2-4-9/h5-6,9H,2-4,14H2,1H3,(H2,15,16,17). The van der Waals surface area contributed by atoms with Gasteiger partial charge in [0.2, 0.25) is 0 Å². The average Bonchev–Trinajstić information content (AvgIpc) is 2.17. The first kappa shape index (κ1) is 12.2. The normalized spacial score (nSPS) is 15.2. The van der Waals surface area contributed by atoms with Gasteiger partial charge in [0, 0.05) is 10.5 Å². The maximum Gasteiger partial charge on any atom is 0.319 e. The van der Waals surface area contributed by atoms with E-state index >= 15 is 0 Å². The molecule has 1 aliphatic carbocycles. The number of carbonyl (C=O) groups is 1. The van der Waals surface area contributed by atoms with Crippen molar-refractivity contribution in [3.8, 4) is 0 Å². The minimum absolute atomic E-state index is 0.174. The zero-order valence-electron chi connectivity index (χ0n) is 9.72. The van der Waals surface area contributed by atoms with Crippen LogP contribution in [-0.2, 0) is 0 Å². The number of aryl methyl sites for hydroxylation is 1. The second kappa shape index (κ2) is 4.96. The molecule has 0 heterocycles. The molecule has 1 fully saturated rings. The molecule has 0 aliphatic heterocycles. The summed E-state index contributed by atoms with van der Waals surface area (Å²) in [4.78, 5) is 11.7. The van der Waals surface area contributed by atoms with E-state index in [-0.39, 0.29) is 6.03 Å². The van der Waals surface area contributed by atoms with Gasteiger partial charge in [0.15, 0.2) is 0 Å². The predicted octanol–water partition coefficient (Wildman–Crippen LogP) is 3.01. The minimum Gasteiger partial charge on any atom is -0.397 e. The van der Waals surface area contributed by atoms with Gasteiger partial charge in [0.25, 0.3) is 0 Å². The van der Waals surface area contributed by atoms with Crippen molar-refractivity contribution in [1.29, 1.82) is 0 Å². The minimum atomic E-state index is -0.174. The highest BCUT2D eigenvalue weighted by Gasteiger charge is 2.19. The lowest BCUT2D eigenvalue weighted by molar-refractivity contribution is 0.240. The second-order valence-corrected chi connectivity index (χ2v) is 5.33. The lowest BCUT2D eigenvalue weighted by Crippen LogP contribution is -2.42. The number of amides is 2. The fourth-order valence-electron chi connectivity index (χ4n) is 1.83. The summed E-state index contributed by atoms with van der Waals surface area (Å²) in [6.45, 7) is 1.92. The molecule has 0 unspecified atom stereocenters. The highest BCUT2D eigenvalue weighted by atomic mass is 79.9. The third-order valence-corrected chi connectivity index (χ3v) is 3.47. The van der Waals surface area contributed by atoms with Crippen molar-refractivity contribution in [3.05, 3.63) is 22.2 Å². The fraction of sp³-hybridized carbons (Fsp3) is 0.417. The van der Waals surface area contributed by atoms with Crippen molar-refractivity contribution < 1.29 is 4.79 Å². The largest absolute Gasteiger partial charge is 0.397 e. The van der Waals surface area contributed by atoms with Crippen LogP contribution >= 0.6 is 15.9 Å². The Balaban J connectivity index is 2.04. The first-order valence-corrected chi connectivity index (χ1v) is 6.48. The summed E-state index contributed by atoms with van der Waals surface area (Å²) in [5.41, 5.74) is 8.08. The molecular formula is C12H16BrN3O. The van der Waals surface area contributed by atoms with Gasteiger partial charge < -0.3 is 16.4 Å². The van der Waals surface area contributed by atoms with E-state index in [0.29, 0.717) is 17.4 Å². The maximum atomic E-state index is 11.7. The summed E-state index contributed by atoms with van der Waals surface area (Å²) in [5, 5.41) is 5.73. The number of urea groups is 1. The Bertz CT molecular complexity index is 420. The van der Waals surface area contributed by atoms with Crippen molar-refractivity contribution in [2.75, 3.05) is 11.1 Å². The Hall–Kier alpha value is -1.23. The van der Waals surface area contributed by atoms with Crippen LogP contribution in [0, 0.1) is 6.92 Å². The Morgan fingerprint density at radius 3 is 2.71 bits per heavy atom. The van der Waals surface area contributed by atoms with Gasteiger partial charge in [-0.2, -0.15) is 0 Å². The van der Waals surface area contributed by atoms with Gasteiger partial charge in [-0.05, 0) is 43.9 Å². The SMILES string of the molecule is Cc1cc(Br)cc(N)c1NC(=O)NC1CCC1. The summed E-state index contributed by atoms with van der Waals surface area (Å²) < 4.78 is 0.914. The fourth-order valence-corrected chi connectivity index (χ4v) is 2.42. The van der Waals surface area contributed by atoms with Crippen molar-refractivity contribution >= 4 is 33.3 Å². The average molecular weight is 298 g/mol. The number of benzene rings is 1. The molecule has 0 saturated heterocycles. The van der Waals surface area contributed by atoms with E-state index in [2.05, 4.69) is 26.6 Å². The maximum absolute atomic E-state index is 11.7. The van der Waals surface area contributed by atoms with Gasteiger partial charge in [-0.15, -0.1) is 0 Å². The van der Waals surface area contributed by atoms with E-state index < -0.39 is 0 Å². The molecule has 17 heavy (non-hydrogen) atoms. The van der Waals surface area contributed by atoms with E-state index in [0.717, 1.165) is 22.9 Å². The van der Waals surface area contributed by atoms with E-state index in [1.54, 1.807) is 6.07 Å². The number of nitrogen functional groups attached to an aromatic ring is 1. The molecule has 1 saturated carbocycles. The zero-order valence-corrected chi connectivity index (χ0v) is 11.3. The number of nitrogens with two attached hydrogens (primary N) is 1. The summed E-state index contributed by atoms with van der Waals surface area (Å²) in [6, 6.07) is 3.86. The van der Waals surface area contributed by atoms with Crippen LogP contribution in [0.2, 0.25) is 0 Å². The highest BCUT2D eigenvalue weighted by molar-refractivity contribution is 9.10. The van der Waals surface area contributed by atoms with Crippen LogP contribution in [0.1, 0.15) is 24.8 Å². The summed E-state index contributed by atoms with van der Waals surface area (Å²) in [7, 11) is 0. The Morgan fingerprint density at radius 2 is 2.18 bits per heavy atom. The monoisotopic (exact) mass is 297 g/mol. The lowest BCUT2D eigenvalue weighted by atomic mass is 9.93. The first-order chi connectivity index (χ1) is 8.06. The molecule has 1 aliphatic rings. The van der Waals surface area contributed by atoms with E-state index in [9.17, 15) is 4.79 Å². The molecule has 4 nitrogen and oxygen atoms in total. The topological polar surface area (TPSA) is 67.1 Å². The third kappa shape index (κ3) is 2.91. The summed E-state index contributed by atoms with van der Waals surface area (Å²) >= 11 is 3.37. The van der Waals surface area contributed by atoms with Crippen LogP contribution in [0.4, 0.5) is 16.2 Å². The summed E-state index contributed by atoms with van der Waals surface area (Å²) in [5.74, 6) is 0. The van der Waals surface area contributed by atoms with Gasteiger partial charge in [-0.3, -0.25) is 0 Å². The van der Waals surface area contributed by atoms with Gasteiger partial charge in [-0.1, -0.05) is 15.9 Å². The van der Waals surface area contributed by atoms with Crippen molar-refractivity contribution in [3.63, 3.8) is 0 Å². The van der Waals surface area contributed by atoms with Crippen molar-refractivity contribution in [1.82, 2.24) is 5.32 Å². The smallest absolute Gasteiger partial charge is 0.319 e. The summed E-state index contributed by atoms with van der Waals surface area (Å²) in [6.07, 6.45) is 3.34. The van der Waals surface area contributed by atoms with E-state index in [4.69, 9.17) is 5.73 Å². The number of nitrogens with one attached hydrogen (secondary N) is 2. The molecule has 5 heteroatoms. The van der Waals surface area contributed by atoms with Crippen molar-refractivity contribution in [2.24, 2.45) is 0 Å². The molecule has 1 aromatic carbocycles. The highest BCUT2D eigenvalue weighted by Crippen LogP contribution is 2.28. The number of anilines is 2. The molecule has 2 rings (SSSR count). The molecule has 0 spiro atoms. The molecule has 0 atom stereocenters. The molecule has 0 bridgehead atoms. The molecule has 2 amide bonds. The Morgan fingerprint density at radius 1 is 1.47 bits per heavy atom. The van der Waals surface area contributed by atoms with Gasteiger partial charge in [0.05, 0.1) is 11.4 Å². The van der Waals surface area contributed by atoms with Crippen LogP contribution in [0.3, 0.4) is 0 Å². The number of hydrogen-bond donors (Lipinski definition) is 3. The molecule has 4 N–H and O–H groups in total. The number of rotatable bonds is 2. The van der Waals surface area contributed by atoms with Crippen molar-refractivity contribution in [2.45, 2.75) is 32.2 Å². The molecule has 1 aromatic rings. The number of carbonyl (C=O) groups excluding carboxylic acids is 1. The van der Waals surface area contributed by atoms with Crippen LogP contribution in [-0.4, -0.2) is 12.1 Å². The predicted molar refractivity (Wildman–Crippen MR) is 73.1 cm³/mol. The zero-order chi connectivity index (χ0) is 12.4. The van der Waals surface area contributed by atoms with Gasteiger partial charge >= 0.3 is 6.03 Å². The van der Waals surface area contributed by atoms with E-state index in [1.165, 1.54) is 6.42 Å². The molecule has 92 valence electrons.